The van der Waals surface area contributed by atoms with Gasteiger partial charge in [0.25, 0.3) is 0 Å². The van der Waals surface area contributed by atoms with Crippen molar-refractivity contribution in [2.45, 2.75) is 18.8 Å². The first-order valence-electron chi connectivity index (χ1n) is 5.26. The minimum absolute atomic E-state index is 0.167. The van der Waals surface area contributed by atoms with Crippen LogP contribution in [0, 0.1) is 11.2 Å². The van der Waals surface area contributed by atoms with Crippen LogP contribution in [0.2, 0.25) is 0 Å². The number of rotatable bonds is 3. The molecule has 86 valence electrons. The fraction of sp³-hybridized carbons (Fsp3) is 0.417. The summed E-state index contributed by atoms with van der Waals surface area (Å²) in [6.45, 7) is 0.167. The number of carbonyl (C=O) groups is 1. The molecule has 0 unspecified atom stereocenters. The highest BCUT2D eigenvalue weighted by Crippen LogP contribution is 2.50. The van der Waals surface area contributed by atoms with Crippen LogP contribution in [0.25, 0.3) is 0 Å². The predicted octanol–water partition coefficient (Wildman–Crippen LogP) is 1.73. The van der Waals surface area contributed by atoms with Crippen molar-refractivity contribution >= 4 is 5.97 Å². The molecule has 0 aromatic heterocycles. The van der Waals surface area contributed by atoms with E-state index in [9.17, 15) is 9.18 Å². The highest BCUT2D eigenvalue weighted by molar-refractivity contribution is 5.76. The van der Waals surface area contributed by atoms with Crippen molar-refractivity contribution in [2.24, 2.45) is 11.1 Å². The van der Waals surface area contributed by atoms with Crippen molar-refractivity contribution in [1.29, 1.82) is 0 Å². The highest BCUT2D eigenvalue weighted by Gasteiger charge is 2.49. The Morgan fingerprint density at radius 2 is 2.00 bits per heavy atom. The largest absolute Gasteiger partial charge is 0.481 e. The number of halogens is 1. The van der Waals surface area contributed by atoms with E-state index in [-0.39, 0.29) is 18.3 Å². The summed E-state index contributed by atoms with van der Waals surface area (Å²) in [5.41, 5.74) is 5.72. The lowest BCUT2D eigenvalue weighted by Crippen LogP contribution is -2.48. The normalized spacial score (nSPS) is 28.5. The summed E-state index contributed by atoms with van der Waals surface area (Å²) in [4.78, 5) is 11.0. The zero-order valence-corrected chi connectivity index (χ0v) is 8.82. The topological polar surface area (TPSA) is 63.3 Å². The van der Waals surface area contributed by atoms with Gasteiger partial charge in [-0.25, -0.2) is 4.39 Å². The molecule has 1 aliphatic carbocycles. The van der Waals surface area contributed by atoms with E-state index in [0.717, 1.165) is 5.56 Å². The van der Waals surface area contributed by atoms with E-state index in [4.69, 9.17) is 10.8 Å². The number of aliphatic carboxylic acids is 1. The van der Waals surface area contributed by atoms with Gasteiger partial charge in [-0.15, -0.1) is 0 Å². The molecular formula is C12H14FNO2. The molecule has 1 aliphatic rings. The number of carboxylic acid groups (broad SMARTS) is 1. The molecule has 2 rings (SSSR count). The van der Waals surface area contributed by atoms with Crippen LogP contribution in [0.1, 0.15) is 24.3 Å². The summed E-state index contributed by atoms with van der Waals surface area (Å²) in [6, 6.07) is 6.22. The second kappa shape index (κ2) is 3.87. The summed E-state index contributed by atoms with van der Waals surface area (Å²) >= 11 is 0. The van der Waals surface area contributed by atoms with Crippen LogP contribution in [0.3, 0.4) is 0 Å². The van der Waals surface area contributed by atoms with E-state index in [0.29, 0.717) is 12.8 Å². The number of hydrogen-bond acceptors (Lipinski definition) is 2. The fourth-order valence-electron chi connectivity index (χ4n) is 2.28. The molecule has 0 bridgehead atoms. The molecule has 1 aromatic carbocycles. The number of benzene rings is 1. The molecule has 0 atom stereocenters. The lowest BCUT2D eigenvalue weighted by atomic mass is 9.60. The maximum Gasteiger partial charge on any atom is 0.310 e. The standard InChI is InChI=1S/C12H14FNO2/c13-10-3-1-8(2-4-10)9-5-12(6-9,7-14)11(15)16/h1-4,9H,5-7,14H2,(H,15,16). The highest BCUT2D eigenvalue weighted by atomic mass is 19.1. The molecule has 3 N–H and O–H groups in total. The van der Waals surface area contributed by atoms with Gasteiger partial charge in [0.1, 0.15) is 5.82 Å². The molecular weight excluding hydrogens is 209 g/mol. The van der Waals surface area contributed by atoms with Crippen molar-refractivity contribution in [2.75, 3.05) is 6.54 Å². The van der Waals surface area contributed by atoms with Gasteiger partial charge >= 0.3 is 5.97 Å². The van der Waals surface area contributed by atoms with Gasteiger partial charge in [-0.3, -0.25) is 4.79 Å². The lowest BCUT2D eigenvalue weighted by Gasteiger charge is -2.44. The van der Waals surface area contributed by atoms with Crippen LogP contribution in [0.5, 0.6) is 0 Å². The van der Waals surface area contributed by atoms with Gasteiger partial charge in [0, 0.05) is 6.54 Å². The Balaban J connectivity index is 2.07. The number of carboxylic acids is 1. The molecule has 4 heteroatoms. The number of hydrogen-bond donors (Lipinski definition) is 2. The molecule has 1 fully saturated rings. The van der Waals surface area contributed by atoms with Crippen LogP contribution < -0.4 is 5.73 Å². The molecule has 0 saturated heterocycles. The molecule has 0 amide bonds. The Morgan fingerprint density at radius 3 is 2.44 bits per heavy atom. The first-order valence-corrected chi connectivity index (χ1v) is 5.26. The molecule has 0 heterocycles. The van der Waals surface area contributed by atoms with Gasteiger partial charge in [0.15, 0.2) is 0 Å². The van der Waals surface area contributed by atoms with Crippen molar-refractivity contribution in [1.82, 2.24) is 0 Å². The van der Waals surface area contributed by atoms with Crippen LogP contribution in [0.4, 0.5) is 4.39 Å². The van der Waals surface area contributed by atoms with Crippen LogP contribution in [-0.2, 0) is 4.79 Å². The quantitative estimate of drug-likeness (QED) is 0.820. The van der Waals surface area contributed by atoms with E-state index in [2.05, 4.69) is 0 Å². The summed E-state index contributed by atoms with van der Waals surface area (Å²) in [5, 5.41) is 9.05. The van der Waals surface area contributed by atoms with Crippen molar-refractivity contribution in [3.63, 3.8) is 0 Å². The minimum Gasteiger partial charge on any atom is -0.481 e. The molecule has 1 saturated carbocycles. The third-order valence-electron chi connectivity index (χ3n) is 3.46. The van der Waals surface area contributed by atoms with Gasteiger partial charge in [0.2, 0.25) is 0 Å². The Morgan fingerprint density at radius 1 is 1.44 bits per heavy atom. The van der Waals surface area contributed by atoms with Crippen LogP contribution >= 0.6 is 0 Å². The second-order valence-electron chi connectivity index (χ2n) is 4.45. The summed E-state index contributed by atoms with van der Waals surface area (Å²) in [5.74, 6) is -0.903. The van der Waals surface area contributed by atoms with Crippen LogP contribution in [-0.4, -0.2) is 17.6 Å². The first kappa shape index (κ1) is 11.1. The van der Waals surface area contributed by atoms with Gasteiger partial charge in [-0.1, -0.05) is 12.1 Å². The van der Waals surface area contributed by atoms with Crippen molar-refractivity contribution < 1.29 is 14.3 Å². The fourth-order valence-corrected chi connectivity index (χ4v) is 2.28. The minimum atomic E-state index is -0.826. The Kier molecular flexibility index (Phi) is 2.68. The van der Waals surface area contributed by atoms with Crippen molar-refractivity contribution in [3.05, 3.63) is 35.6 Å². The molecule has 0 aliphatic heterocycles. The lowest BCUT2D eigenvalue weighted by molar-refractivity contribution is -0.154. The molecule has 16 heavy (non-hydrogen) atoms. The summed E-state index contributed by atoms with van der Waals surface area (Å²) in [6.07, 6.45) is 1.09. The maximum absolute atomic E-state index is 12.7. The zero-order valence-electron chi connectivity index (χ0n) is 8.82. The monoisotopic (exact) mass is 223 g/mol. The second-order valence-corrected chi connectivity index (χ2v) is 4.45. The van der Waals surface area contributed by atoms with E-state index < -0.39 is 11.4 Å². The zero-order chi connectivity index (χ0) is 11.8. The first-order chi connectivity index (χ1) is 7.57. The maximum atomic E-state index is 12.7. The van der Waals surface area contributed by atoms with Gasteiger partial charge < -0.3 is 10.8 Å². The smallest absolute Gasteiger partial charge is 0.310 e. The third kappa shape index (κ3) is 1.69. The summed E-state index contributed by atoms with van der Waals surface area (Å²) in [7, 11) is 0. The van der Waals surface area contributed by atoms with E-state index in [1.807, 2.05) is 0 Å². The summed E-state index contributed by atoms with van der Waals surface area (Å²) < 4.78 is 12.7. The molecule has 0 spiro atoms. The van der Waals surface area contributed by atoms with E-state index in [1.165, 1.54) is 12.1 Å². The molecule has 0 radical (unpaired) electrons. The SMILES string of the molecule is NCC1(C(=O)O)CC(c2ccc(F)cc2)C1. The Hall–Kier alpha value is -1.42. The molecule has 1 aromatic rings. The van der Waals surface area contributed by atoms with Crippen molar-refractivity contribution in [3.8, 4) is 0 Å². The van der Waals surface area contributed by atoms with E-state index in [1.54, 1.807) is 12.1 Å². The number of nitrogens with two attached hydrogens (primary N) is 1. The Labute approximate surface area is 93.1 Å². The third-order valence-corrected chi connectivity index (χ3v) is 3.46. The van der Waals surface area contributed by atoms with Gasteiger partial charge in [0.05, 0.1) is 5.41 Å². The van der Waals surface area contributed by atoms with E-state index >= 15 is 0 Å². The molecule has 3 nitrogen and oxygen atoms in total. The average Bonchev–Trinajstić information content (AvgIpc) is 2.19. The predicted molar refractivity (Wildman–Crippen MR) is 57.5 cm³/mol. The van der Waals surface area contributed by atoms with Gasteiger partial charge in [-0.2, -0.15) is 0 Å². The van der Waals surface area contributed by atoms with Gasteiger partial charge in [-0.05, 0) is 36.5 Å². The van der Waals surface area contributed by atoms with Crippen LogP contribution in [0.15, 0.2) is 24.3 Å². The Bertz CT molecular complexity index is 396. The average molecular weight is 223 g/mol.